The third kappa shape index (κ3) is 1.99. The summed E-state index contributed by atoms with van der Waals surface area (Å²) in [6, 6.07) is 4.23. The fourth-order valence-electron chi connectivity index (χ4n) is 3.62. The summed E-state index contributed by atoms with van der Waals surface area (Å²) in [5, 5.41) is 0.303. The SMILES string of the molecule is CCOC(=O)C1C(C(F)(F)F)[C@@]12C(=O)N(C)c1cc(Cl)ccc12. The van der Waals surface area contributed by atoms with E-state index in [-0.39, 0.29) is 12.2 Å². The Labute approximate surface area is 135 Å². The van der Waals surface area contributed by atoms with Crippen LogP contribution in [0.2, 0.25) is 5.02 Å². The van der Waals surface area contributed by atoms with E-state index in [1.807, 2.05) is 0 Å². The first kappa shape index (κ1) is 16.1. The van der Waals surface area contributed by atoms with E-state index in [9.17, 15) is 22.8 Å². The van der Waals surface area contributed by atoms with Gasteiger partial charge >= 0.3 is 12.1 Å². The minimum absolute atomic E-state index is 0.0481. The zero-order valence-corrected chi connectivity index (χ0v) is 13.0. The van der Waals surface area contributed by atoms with Crippen molar-refractivity contribution in [3.8, 4) is 0 Å². The smallest absolute Gasteiger partial charge is 0.394 e. The van der Waals surface area contributed by atoms with Crippen molar-refractivity contribution in [1.29, 1.82) is 0 Å². The zero-order valence-electron chi connectivity index (χ0n) is 12.3. The van der Waals surface area contributed by atoms with Gasteiger partial charge in [0.1, 0.15) is 5.41 Å². The van der Waals surface area contributed by atoms with Crippen molar-refractivity contribution in [3.05, 3.63) is 28.8 Å². The van der Waals surface area contributed by atoms with Gasteiger partial charge in [-0.15, -0.1) is 0 Å². The quantitative estimate of drug-likeness (QED) is 0.773. The predicted molar refractivity (Wildman–Crippen MR) is 76.2 cm³/mol. The second-order valence-corrected chi connectivity index (χ2v) is 6.08. The fraction of sp³-hybridized carbons (Fsp3) is 0.467. The van der Waals surface area contributed by atoms with Gasteiger partial charge < -0.3 is 9.64 Å². The number of ether oxygens (including phenoxy) is 1. The van der Waals surface area contributed by atoms with E-state index in [0.717, 1.165) is 4.90 Å². The molecule has 0 N–H and O–H groups in total. The van der Waals surface area contributed by atoms with Crippen molar-refractivity contribution < 1.29 is 27.5 Å². The van der Waals surface area contributed by atoms with Crippen LogP contribution in [0.5, 0.6) is 0 Å². The normalized spacial score (nSPS) is 29.0. The number of amides is 1. The number of hydrogen-bond acceptors (Lipinski definition) is 3. The van der Waals surface area contributed by atoms with E-state index in [1.165, 1.54) is 32.2 Å². The van der Waals surface area contributed by atoms with Gasteiger partial charge in [0.05, 0.1) is 18.4 Å². The van der Waals surface area contributed by atoms with E-state index in [1.54, 1.807) is 0 Å². The lowest BCUT2D eigenvalue weighted by atomic mass is 9.93. The summed E-state index contributed by atoms with van der Waals surface area (Å²) in [5.74, 6) is -5.39. The molecule has 23 heavy (non-hydrogen) atoms. The summed E-state index contributed by atoms with van der Waals surface area (Å²) in [6.07, 6.45) is -4.69. The Morgan fingerprint density at radius 1 is 1.43 bits per heavy atom. The molecular weight excluding hydrogens is 335 g/mol. The summed E-state index contributed by atoms with van der Waals surface area (Å²) >= 11 is 5.87. The highest BCUT2D eigenvalue weighted by Gasteiger charge is 2.85. The highest BCUT2D eigenvalue weighted by atomic mass is 35.5. The molecule has 2 unspecified atom stereocenters. The molecule has 3 rings (SSSR count). The van der Waals surface area contributed by atoms with Crippen LogP contribution in [0.15, 0.2) is 18.2 Å². The maximum Gasteiger partial charge on any atom is 0.394 e. The Kier molecular flexibility index (Phi) is 3.41. The molecule has 1 spiro atoms. The van der Waals surface area contributed by atoms with Crippen LogP contribution in [0.3, 0.4) is 0 Å². The topological polar surface area (TPSA) is 46.6 Å². The molecule has 0 aromatic heterocycles. The number of halogens is 4. The molecule has 1 aliphatic heterocycles. The number of rotatable bonds is 2. The molecule has 1 saturated carbocycles. The van der Waals surface area contributed by atoms with Crippen LogP contribution in [0, 0.1) is 11.8 Å². The van der Waals surface area contributed by atoms with Gasteiger partial charge in [-0.3, -0.25) is 9.59 Å². The predicted octanol–water partition coefficient (Wildman–Crippen LogP) is 2.93. The van der Waals surface area contributed by atoms with E-state index >= 15 is 0 Å². The highest BCUT2D eigenvalue weighted by Crippen LogP contribution is 2.70. The maximum atomic E-state index is 13.5. The number of fused-ring (bicyclic) bond motifs is 2. The Hall–Kier alpha value is -1.76. The number of esters is 1. The molecule has 1 aliphatic carbocycles. The van der Waals surface area contributed by atoms with Gasteiger partial charge in [0, 0.05) is 17.8 Å². The summed E-state index contributed by atoms with van der Waals surface area (Å²) in [6.45, 7) is 1.46. The fourth-order valence-corrected chi connectivity index (χ4v) is 3.79. The van der Waals surface area contributed by atoms with Gasteiger partial charge in [0.15, 0.2) is 0 Å². The van der Waals surface area contributed by atoms with E-state index < -0.39 is 35.3 Å². The summed E-state index contributed by atoms with van der Waals surface area (Å²) in [4.78, 5) is 25.8. The Balaban J connectivity index is 2.17. The Morgan fingerprint density at radius 3 is 2.65 bits per heavy atom. The summed E-state index contributed by atoms with van der Waals surface area (Å²) < 4.78 is 45.1. The van der Waals surface area contributed by atoms with Crippen LogP contribution in [0.1, 0.15) is 12.5 Å². The first-order valence-corrected chi connectivity index (χ1v) is 7.36. The number of nitrogens with zero attached hydrogens (tertiary/aromatic N) is 1. The molecule has 8 heteroatoms. The molecule has 0 radical (unpaired) electrons. The molecule has 3 atom stereocenters. The largest absolute Gasteiger partial charge is 0.466 e. The number of carbonyl (C=O) groups is 2. The van der Waals surface area contributed by atoms with Crippen LogP contribution in [0.4, 0.5) is 18.9 Å². The monoisotopic (exact) mass is 347 g/mol. The van der Waals surface area contributed by atoms with Gasteiger partial charge in [0.2, 0.25) is 5.91 Å². The van der Waals surface area contributed by atoms with Gasteiger partial charge in [-0.1, -0.05) is 17.7 Å². The molecule has 1 aromatic carbocycles. The minimum Gasteiger partial charge on any atom is -0.466 e. The van der Waals surface area contributed by atoms with Gasteiger partial charge in [-0.25, -0.2) is 0 Å². The number of anilines is 1. The van der Waals surface area contributed by atoms with Crippen LogP contribution >= 0.6 is 11.6 Å². The number of alkyl halides is 3. The molecule has 2 aliphatic rings. The van der Waals surface area contributed by atoms with Crippen molar-refractivity contribution in [2.75, 3.05) is 18.6 Å². The molecule has 1 aromatic rings. The van der Waals surface area contributed by atoms with Crippen molar-refractivity contribution in [2.45, 2.75) is 18.5 Å². The van der Waals surface area contributed by atoms with Gasteiger partial charge in [-0.05, 0) is 24.6 Å². The molecule has 4 nitrogen and oxygen atoms in total. The lowest BCUT2D eigenvalue weighted by Gasteiger charge is -2.12. The first-order valence-electron chi connectivity index (χ1n) is 6.98. The van der Waals surface area contributed by atoms with Crippen LogP contribution in [-0.2, 0) is 19.7 Å². The summed E-state index contributed by atoms with van der Waals surface area (Å²) in [5.41, 5.74) is -1.46. The number of likely N-dealkylation sites (N-methyl/N-ethyl adjacent to an activating group) is 1. The average Bonchev–Trinajstić information content (AvgIpc) is 3.12. The maximum absolute atomic E-state index is 13.5. The van der Waals surface area contributed by atoms with E-state index in [0.29, 0.717) is 10.7 Å². The lowest BCUT2D eigenvalue weighted by molar-refractivity contribution is -0.164. The average molecular weight is 348 g/mol. The molecule has 1 amide bonds. The Bertz CT molecular complexity index is 706. The number of hydrogen-bond donors (Lipinski definition) is 0. The van der Waals surface area contributed by atoms with Gasteiger partial charge in [0.25, 0.3) is 0 Å². The second kappa shape index (κ2) is 4.87. The third-order valence-electron chi connectivity index (χ3n) is 4.52. The second-order valence-electron chi connectivity index (χ2n) is 5.64. The van der Waals surface area contributed by atoms with Crippen molar-refractivity contribution in [1.82, 2.24) is 0 Å². The molecule has 0 saturated heterocycles. The first-order chi connectivity index (χ1) is 10.7. The van der Waals surface area contributed by atoms with Crippen molar-refractivity contribution in [2.24, 2.45) is 11.8 Å². The van der Waals surface area contributed by atoms with Crippen LogP contribution in [-0.4, -0.2) is 31.7 Å². The Morgan fingerprint density at radius 2 is 2.09 bits per heavy atom. The highest BCUT2D eigenvalue weighted by molar-refractivity contribution is 6.31. The van der Waals surface area contributed by atoms with E-state index in [4.69, 9.17) is 16.3 Å². The van der Waals surface area contributed by atoms with E-state index in [2.05, 4.69) is 0 Å². The molecule has 1 fully saturated rings. The standard InChI is InChI=1S/C15H13ClF3NO3/c1-3-23-12(21)10-11(15(17,18)19)14(10)8-5-4-7(16)6-9(8)20(2)13(14)22/h4-6,10-11H,3H2,1-2H3/t10?,11?,14-/m0/s1. The molecule has 124 valence electrons. The molecule has 0 bridgehead atoms. The van der Waals surface area contributed by atoms with Crippen molar-refractivity contribution in [3.63, 3.8) is 0 Å². The number of benzene rings is 1. The zero-order chi connectivity index (χ0) is 17.2. The molecular formula is C15H13ClF3NO3. The van der Waals surface area contributed by atoms with Crippen LogP contribution in [0.25, 0.3) is 0 Å². The molecule has 1 heterocycles. The van der Waals surface area contributed by atoms with Crippen LogP contribution < -0.4 is 4.90 Å². The summed E-state index contributed by atoms with van der Waals surface area (Å²) in [7, 11) is 1.38. The minimum atomic E-state index is -4.69. The number of carbonyl (C=O) groups excluding carboxylic acids is 2. The third-order valence-corrected chi connectivity index (χ3v) is 4.76. The van der Waals surface area contributed by atoms with Gasteiger partial charge in [-0.2, -0.15) is 13.2 Å². The van der Waals surface area contributed by atoms with Crippen molar-refractivity contribution >= 4 is 29.2 Å². The lowest BCUT2D eigenvalue weighted by Crippen LogP contribution is -2.33.